The number of para-hydroxylation sites is 1. The first-order chi connectivity index (χ1) is 13.8. The fourth-order valence-electron chi connectivity index (χ4n) is 4.28. The van der Waals surface area contributed by atoms with Gasteiger partial charge in [-0.3, -0.25) is 0 Å². The Kier molecular flexibility index (Phi) is 5.26. The van der Waals surface area contributed by atoms with Crippen molar-refractivity contribution in [3.63, 3.8) is 0 Å². The van der Waals surface area contributed by atoms with E-state index in [2.05, 4.69) is 83.8 Å². The van der Waals surface area contributed by atoms with E-state index in [-0.39, 0.29) is 12.0 Å². The standard InChI is InChI=1S/C26H24N2/c1-28(23-13-6-3-7-14-23)25(19-27)26-22(17-16-20-10-4-2-5-11-20)18-21-12-8-9-15-24(21)26/h2-17,22,25-26H,18H2,1H3/b17-16+/t22-,25+,26+/m0/s1. The van der Waals surface area contributed by atoms with Gasteiger partial charge >= 0.3 is 0 Å². The highest BCUT2D eigenvalue weighted by atomic mass is 15.1. The second-order valence-electron chi connectivity index (χ2n) is 7.38. The van der Waals surface area contributed by atoms with Crippen molar-refractivity contribution in [2.45, 2.75) is 18.4 Å². The molecule has 0 unspecified atom stereocenters. The number of rotatable bonds is 5. The minimum Gasteiger partial charge on any atom is -0.358 e. The first-order valence-corrected chi connectivity index (χ1v) is 9.76. The molecule has 3 aromatic carbocycles. The van der Waals surface area contributed by atoms with Crippen LogP contribution >= 0.6 is 0 Å². The number of benzene rings is 3. The zero-order chi connectivity index (χ0) is 19.3. The summed E-state index contributed by atoms with van der Waals surface area (Å²) < 4.78 is 0. The fraction of sp³-hybridized carbons (Fsp3) is 0.192. The van der Waals surface area contributed by atoms with Crippen molar-refractivity contribution in [1.29, 1.82) is 5.26 Å². The van der Waals surface area contributed by atoms with Gasteiger partial charge in [-0.25, -0.2) is 0 Å². The Bertz CT molecular complexity index is 986. The summed E-state index contributed by atoms with van der Waals surface area (Å²) in [4.78, 5) is 2.12. The quantitative estimate of drug-likeness (QED) is 0.582. The highest BCUT2D eigenvalue weighted by Crippen LogP contribution is 2.43. The monoisotopic (exact) mass is 364 g/mol. The lowest BCUT2D eigenvalue weighted by atomic mass is 9.85. The zero-order valence-electron chi connectivity index (χ0n) is 16.1. The van der Waals surface area contributed by atoms with Crippen LogP contribution in [0.25, 0.3) is 6.08 Å². The van der Waals surface area contributed by atoms with Crippen LogP contribution in [0.2, 0.25) is 0 Å². The molecule has 0 saturated heterocycles. The number of fused-ring (bicyclic) bond motifs is 1. The Morgan fingerprint density at radius 3 is 2.29 bits per heavy atom. The molecule has 138 valence electrons. The second kappa shape index (κ2) is 8.15. The molecule has 1 aliphatic rings. The van der Waals surface area contributed by atoms with E-state index in [0.29, 0.717) is 5.92 Å². The van der Waals surface area contributed by atoms with Crippen molar-refractivity contribution >= 4 is 11.8 Å². The van der Waals surface area contributed by atoms with E-state index in [9.17, 15) is 5.26 Å². The molecule has 0 spiro atoms. The van der Waals surface area contributed by atoms with Crippen LogP contribution in [0, 0.1) is 17.2 Å². The molecular formula is C26H24N2. The van der Waals surface area contributed by atoms with E-state index >= 15 is 0 Å². The summed E-state index contributed by atoms with van der Waals surface area (Å²) in [5.74, 6) is 0.444. The number of nitrogens with zero attached hydrogens (tertiary/aromatic N) is 2. The van der Waals surface area contributed by atoms with Gasteiger partial charge in [0.25, 0.3) is 0 Å². The highest BCUT2D eigenvalue weighted by Gasteiger charge is 2.38. The molecule has 3 aromatic rings. The van der Waals surface area contributed by atoms with Crippen molar-refractivity contribution in [1.82, 2.24) is 0 Å². The molecule has 2 heteroatoms. The normalized spacial score (nSPS) is 19.1. The van der Waals surface area contributed by atoms with Crippen molar-refractivity contribution in [3.05, 3.63) is 108 Å². The maximum absolute atomic E-state index is 10.1. The highest BCUT2D eigenvalue weighted by molar-refractivity contribution is 5.54. The molecular weight excluding hydrogens is 340 g/mol. The third-order valence-corrected chi connectivity index (χ3v) is 5.72. The summed E-state index contributed by atoms with van der Waals surface area (Å²) in [7, 11) is 2.03. The Morgan fingerprint density at radius 1 is 0.929 bits per heavy atom. The van der Waals surface area contributed by atoms with Crippen LogP contribution in [0.5, 0.6) is 0 Å². The number of hydrogen-bond acceptors (Lipinski definition) is 2. The summed E-state index contributed by atoms with van der Waals surface area (Å²) in [5.41, 5.74) is 4.93. The zero-order valence-corrected chi connectivity index (χ0v) is 16.1. The molecule has 0 fully saturated rings. The minimum absolute atomic E-state index is 0.145. The van der Waals surface area contributed by atoms with Crippen LogP contribution in [0.1, 0.15) is 22.6 Å². The van der Waals surface area contributed by atoms with Crippen LogP contribution in [0.15, 0.2) is 91.0 Å². The average molecular weight is 364 g/mol. The lowest BCUT2D eigenvalue weighted by molar-refractivity contribution is 0.497. The molecule has 0 N–H and O–H groups in total. The van der Waals surface area contributed by atoms with E-state index in [1.54, 1.807) is 0 Å². The maximum Gasteiger partial charge on any atom is 0.124 e. The van der Waals surface area contributed by atoms with Crippen molar-refractivity contribution < 1.29 is 0 Å². The fourth-order valence-corrected chi connectivity index (χ4v) is 4.28. The van der Waals surface area contributed by atoms with Gasteiger partial charge in [-0.05, 0) is 41.2 Å². The SMILES string of the molecule is CN(c1ccccc1)[C@H](C#N)[C@H]1c2ccccc2C[C@@H]1/C=C/c1ccccc1. The number of allylic oxidation sites excluding steroid dienone is 1. The van der Waals surface area contributed by atoms with Crippen LogP contribution in [-0.4, -0.2) is 13.1 Å². The molecule has 2 nitrogen and oxygen atoms in total. The first-order valence-electron chi connectivity index (χ1n) is 9.76. The predicted molar refractivity (Wildman–Crippen MR) is 116 cm³/mol. The van der Waals surface area contributed by atoms with Crippen LogP contribution in [0.4, 0.5) is 5.69 Å². The minimum atomic E-state index is -0.225. The second-order valence-corrected chi connectivity index (χ2v) is 7.38. The third-order valence-electron chi connectivity index (χ3n) is 5.72. The van der Waals surface area contributed by atoms with Crippen molar-refractivity contribution in [2.75, 3.05) is 11.9 Å². The summed E-state index contributed by atoms with van der Waals surface area (Å²) in [6, 6.07) is 31.5. The summed E-state index contributed by atoms with van der Waals surface area (Å²) in [6.07, 6.45) is 5.47. The molecule has 1 aliphatic carbocycles. The van der Waals surface area contributed by atoms with E-state index in [1.165, 1.54) is 16.7 Å². The van der Waals surface area contributed by atoms with Gasteiger partial charge in [0.05, 0.1) is 6.07 Å². The van der Waals surface area contributed by atoms with Crippen molar-refractivity contribution in [3.8, 4) is 6.07 Å². The van der Waals surface area contributed by atoms with E-state index in [4.69, 9.17) is 0 Å². The summed E-state index contributed by atoms with van der Waals surface area (Å²) in [6.45, 7) is 0. The van der Waals surface area contributed by atoms with Gasteiger partial charge in [0.1, 0.15) is 6.04 Å². The molecule has 0 aromatic heterocycles. The Labute approximate surface area is 167 Å². The predicted octanol–water partition coefficient (Wildman–Crippen LogP) is 5.68. The van der Waals surface area contributed by atoms with E-state index < -0.39 is 0 Å². The molecule has 0 radical (unpaired) electrons. The maximum atomic E-state index is 10.1. The van der Waals surface area contributed by atoms with Gasteiger partial charge in [0, 0.05) is 18.7 Å². The largest absolute Gasteiger partial charge is 0.358 e. The smallest absolute Gasteiger partial charge is 0.124 e. The van der Waals surface area contributed by atoms with Gasteiger partial charge in [0.15, 0.2) is 0 Å². The first kappa shape index (κ1) is 18.1. The molecule has 0 amide bonds. The molecule has 4 rings (SSSR count). The molecule has 0 bridgehead atoms. The molecule has 0 aliphatic heterocycles. The number of nitriles is 1. The molecule has 0 saturated carbocycles. The third kappa shape index (κ3) is 3.57. The van der Waals surface area contributed by atoms with Crippen LogP contribution < -0.4 is 4.90 Å². The van der Waals surface area contributed by atoms with Crippen LogP contribution in [0.3, 0.4) is 0 Å². The number of anilines is 1. The summed E-state index contributed by atoms with van der Waals surface area (Å²) in [5, 5.41) is 10.1. The van der Waals surface area contributed by atoms with Gasteiger partial charge in [-0.15, -0.1) is 0 Å². The lowest BCUT2D eigenvalue weighted by Crippen LogP contribution is -2.37. The number of hydrogen-bond donors (Lipinski definition) is 0. The van der Waals surface area contributed by atoms with Gasteiger partial charge in [-0.1, -0.05) is 84.9 Å². The summed E-state index contributed by atoms with van der Waals surface area (Å²) >= 11 is 0. The van der Waals surface area contributed by atoms with Crippen LogP contribution in [-0.2, 0) is 6.42 Å². The van der Waals surface area contributed by atoms with E-state index in [0.717, 1.165) is 12.1 Å². The average Bonchev–Trinajstić information content (AvgIpc) is 3.12. The molecule has 3 atom stereocenters. The lowest BCUT2D eigenvalue weighted by Gasteiger charge is -2.32. The van der Waals surface area contributed by atoms with Gasteiger partial charge in [0.2, 0.25) is 0 Å². The molecule has 0 heterocycles. The van der Waals surface area contributed by atoms with Gasteiger partial charge < -0.3 is 4.90 Å². The van der Waals surface area contributed by atoms with Gasteiger partial charge in [-0.2, -0.15) is 5.26 Å². The Hall–Kier alpha value is -3.31. The number of likely N-dealkylation sites (N-methyl/N-ethyl adjacent to an activating group) is 1. The van der Waals surface area contributed by atoms with E-state index in [1.807, 2.05) is 31.3 Å². The Balaban J connectivity index is 1.69. The topological polar surface area (TPSA) is 27.0 Å². The Morgan fingerprint density at radius 2 is 1.57 bits per heavy atom. The van der Waals surface area contributed by atoms with Crippen molar-refractivity contribution in [2.24, 2.45) is 5.92 Å². The molecule has 28 heavy (non-hydrogen) atoms.